The molecular formula is C38H33FN2O7. The number of carbonyl (C=O) groups is 2. The van der Waals surface area contributed by atoms with E-state index in [2.05, 4.69) is 10.5 Å². The molecule has 0 spiro atoms. The van der Waals surface area contributed by atoms with Crippen molar-refractivity contribution in [3.05, 3.63) is 123 Å². The number of hydrogen-bond donors (Lipinski definition) is 3. The van der Waals surface area contributed by atoms with Crippen molar-refractivity contribution in [1.82, 2.24) is 10.5 Å². The highest BCUT2D eigenvalue weighted by molar-refractivity contribution is 6.16. The molecule has 5 atom stereocenters. The fraction of sp³-hybridized carbons (Fsp3) is 0.342. The molecule has 2 unspecified atom stereocenters. The van der Waals surface area contributed by atoms with Gasteiger partial charge in [0.05, 0.1) is 5.56 Å². The lowest BCUT2D eigenvalue weighted by Crippen LogP contribution is -2.56. The number of ether oxygens (including phenoxy) is 2. The first-order valence-corrected chi connectivity index (χ1v) is 16.5. The number of hydrogen-bond acceptors (Lipinski definition) is 9. The number of halogens is 1. The summed E-state index contributed by atoms with van der Waals surface area (Å²) in [4.78, 5) is 28.7. The molecule has 244 valence electrons. The van der Waals surface area contributed by atoms with Crippen molar-refractivity contribution in [3.63, 3.8) is 0 Å². The third-order valence-corrected chi connectivity index (χ3v) is 11.0. The van der Waals surface area contributed by atoms with Gasteiger partial charge in [-0.3, -0.25) is 9.59 Å². The molecule has 3 aromatic carbocycles. The van der Waals surface area contributed by atoms with Crippen molar-refractivity contribution in [3.8, 4) is 11.6 Å². The second-order valence-corrected chi connectivity index (χ2v) is 13.6. The van der Waals surface area contributed by atoms with Crippen LogP contribution in [0.3, 0.4) is 0 Å². The number of allylic oxidation sites excluding steroid dienone is 1. The topological polar surface area (TPSA) is 131 Å². The SMILES string of the molecule is O=C1C2=C(O)[C@]3(O)C(=O)c4c(OCc5ccccc5)noc4C[C@@H]3C[C@@H]2Cc2c(F)c3c(c(OCc4ccccc4)c21)CC1CCNC31. The van der Waals surface area contributed by atoms with E-state index in [4.69, 9.17) is 14.0 Å². The van der Waals surface area contributed by atoms with E-state index in [1.54, 1.807) is 0 Å². The summed E-state index contributed by atoms with van der Waals surface area (Å²) in [6, 6.07) is 18.7. The summed E-state index contributed by atoms with van der Waals surface area (Å²) >= 11 is 0. The molecule has 2 heterocycles. The van der Waals surface area contributed by atoms with E-state index in [0.29, 0.717) is 23.3 Å². The minimum Gasteiger partial charge on any atom is -0.508 e. The second kappa shape index (κ2) is 10.9. The molecule has 1 saturated heterocycles. The average Bonchev–Trinajstić information content (AvgIpc) is 3.82. The number of nitrogens with one attached hydrogen (secondary N) is 1. The maximum absolute atomic E-state index is 16.7. The summed E-state index contributed by atoms with van der Waals surface area (Å²) < 4.78 is 34.4. The van der Waals surface area contributed by atoms with Gasteiger partial charge in [0.25, 0.3) is 5.88 Å². The van der Waals surface area contributed by atoms with Gasteiger partial charge in [0, 0.05) is 40.6 Å². The van der Waals surface area contributed by atoms with Gasteiger partial charge in [-0.15, -0.1) is 0 Å². The summed E-state index contributed by atoms with van der Waals surface area (Å²) in [6.45, 7) is 1.07. The van der Waals surface area contributed by atoms with Crippen LogP contribution in [-0.4, -0.2) is 39.1 Å². The Hall–Kier alpha value is -4.80. The first-order valence-electron chi connectivity index (χ1n) is 16.5. The van der Waals surface area contributed by atoms with E-state index in [1.165, 1.54) is 0 Å². The van der Waals surface area contributed by atoms with Crippen molar-refractivity contribution >= 4 is 11.6 Å². The smallest absolute Gasteiger partial charge is 0.265 e. The van der Waals surface area contributed by atoms with Gasteiger partial charge in [0.1, 0.15) is 36.1 Å². The van der Waals surface area contributed by atoms with Gasteiger partial charge < -0.3 is 29.5 Å². The lowest BCUT2D eigenvalue weighted by atomic mass is 9.60. The summed E-state index contributed by atoms with van der Waals surface area (Å²) in [5, 5.41) is 31.4. The highest BCUT2D eigenvalue weighted by atomic mass is 19.1. The number of ketones is 2. The van der Waals surface area contributed by atoms with Crippen LogP contribution in [0.5, 0.6) is 11.6 Å². The number of aliphatic hydroxyl groups excluding tert-OH is 1. The van der Waals surface area contributed by atoms with Gasteiger partial charge in [-0.25, -0.2) is 4.39 Å². The number of nitrogens with zero attached hydrogens (tertiary/aromatic N) is 1. The Morgan fingerprint density at radius 1 is 0.938 bits per heavy atom. The predicted molar refractivity (Wildman–Crippen MR) is 169 cm³/mol. The summed E-state index contributed by atoms with van der Waals surface area (Å²) in [5.74, 6) is -3.31. The standard InChI is InChI=1S/C38H33FN2O7/c39-31-24-15-22-13-23-16-26-30(37(41-48-26)47-18-20-9-5-2-6-10-20)36(44)38(23,45)35(43)27(22)33(42)29(24)34(46-17-19-7-3-1-4-8-19)25-14-21-11-12-40-32(21)28(25)31/h1-10,21-23,32,40,43,45H,11-18H2/t21?,22-,23+,32?,38+/m1/s1. The van der Waals surface area contributed by atoms with E-state index >= 15 is 4.39 Å². The Morgan fingerprint density at radius 2 is 1.65 bits per heavy atom. The highest BCUT2D eigenvalue weighted by Gasteiger charge is 2.60. The minimum absolute atomic E-state index is 0.0475. The molecule has 9 nitrogen and oxygen atoms in total. The monoisotopic (exact) mass is 648 g/mol. The molecule has 3 N–H and O–H groups in total. The number of carbonyl (C=O) groups excluding carboxylic acids is 2. The zero-order valence-corrected chi connectivity index (χ0v) is 26.0. The van der Waals surface area contributed by atoms with Crippen molar-refractivity contribution in [2.75, 3.05) is 6.54 Å². The van der Waals surface area contributed by atoms with Crippen LogP contribution in [0.15, 0.2) is 76.5 Å². The second-order valence-electron chi connectivity index (χ2n) is 13.6. The molecule has 1 aromatic heterocycles. The van der Waals surface area contributed by atoms with Crippen molar-refractivity contribution < 1.29 is 38.2 Å². The Balaban J connectivity index is 1.12. The predicted octanol–water partition coefficient (Wildman–Crippen LogP) is 5.54. The number of benzene rings is 3. The Bertz CT molecular complexity index is 2020. The Labute approximate surface area is 275 Å². The summed E-state index contributed by atoms with van der Waals surface area (Å²) in [7, 11) is 0. The minimum atomic E-state index is -2.40. The van der Waals surface area contributed by atoms with Crippen molar-refractivity contribution in [1.29, 1.82) is 0 Å². The van der Waals surface area contributed by atoms with Crippen LogP contribution in [-0.2, 0) is 32.5 Å². The molecule has 9 rings (SSSR count). The highest BCUT2D eigenvalue weighted by Crippen LogP contribution is 2.55. The normalized spacial score (nSPS) is 26.7. The zero-order valence-electron chi connectivity index (χ0n) is 26.0. The van der Waals surface area contributed by atoms with Crippen LogP contribution < -0.4 is 14.8 Å². The molecule has 0 bridgehead atoms. The number of aromatic nitrogens is 1. The molecule has 4 aromatic rings. The largest absolute Gasteiger partial charge is 0.508 e. The van der Waals surface area contributed by atoms with Crippen molar-refractivity contribution in [2.24, 2.45) is 17.8 Å². The zero-order chi connectivity index (χ0) is 32.7. The molecule has 0 radical (unpaired) electrons. The van der Waals surface area contributed by atoms with Gasteiger partial charge in [-0.1, -0.05) is 60.7 Å². The van der Waals surface area contributed by atoms with Crippen LogP contribution in [0.4, 0.5) is 4.39 Å². The Morgan fingerprint density at radius 3 is 2.38 bits per heavy atom. The molecule has 0 saturated carbocycles. The first kappa shape index (κ1) is 29.3. The first-order chi connectivity index (χ1) is 23.3. The lowest BCUT2D eigenvalue weighted by Gasteiger charge is -2.45. The summed E-state index contributed by atoms with van der Waals surface area (Å²) in [5.41, 5.74) is 0.796. The molecule has 0 amide bonds. The van der Waals surface area contributed by atoms with E-state index in [0.717, 1.165) is 24.1 Å². The quantitative estimate of drug-likeness (QED) is 0.247. The van der Waals surface area contributed by atoms with Gasteiger partial charge in [-0.05, 0) is 60.3 Å². The molecule has 1 aliphatic heterocycles. The van der Waals surface area contributed by atoms with Gasteiger partial charge >= 0.3 is 0 Å². The fourth-order valence-electron chi connectivity index (χ4n) is 8.76. The lowest BCUT2D eigenvalue weighted by molar-refractivity contribution is -0.0258. The van der Waals surface area contributed by atoms with E-state index in [-0.39, 0.29) is 78.3 Å². The van der Waals surface area contributed by atoms with E-state index < -0.39 is 40.6 Å². The molecule has 48 heavy (non-hydrogen) atoms. The van der Waals surface area contributed by atoms with Crippen LogP contribution in [0.1, 0.15) is 73.2 Å². The van der Waals surface area contributed by atoms with Crippen LogP contribution in [0.2, 0.25) is 0 Å². The molecular weight excluding hydrogens is 615 g/mol. The van der Waals surface area contributed by atoms with Crippen molar-refractivity contribution in [2.45, 2.75) is 57.0 Å². The average molecular weight is 649 g/mol. The number of Topliss-reactive ketones (excluding diaryl/α,β-unsaturated/α-hetero) is 2. The van der Waals surface area contributed by atoms with Crippen LogP contribution in [0.25, 0.3) is 0 Å². The molecule has 10 heteroatoms. The Kier molecular flexibility index (Phi) is 6.64. The third kappa shape index (κ3) is 4.18. The third-order valence-electron chi connectivity index (χ3n) is 11.0. The summed E-state index contributed by atoms with van der Waals surface area (Å²) in [6.07, 6.45) is 1.82. The van der Waals surface area contributed by atoms with Gasteiger partial charge in [0.2, 0.25) is 5.78 Å². The number of fused-ring (bicyclic) bond motifs is 7. The van der Waals surface area contributed by atoms with Gasteiger partial charge in [0.15, 0.2) is 17.1 Å². The van der Waals surface area contributed by atoms with Gasteiger partial charge in [-0.2, -0.15) is 0 Å². The van der Waals surface area contributed by atoms with E-state index in [9.17, 15) is 19.8 Å². The fourth-order valence-corrected chi connectivity index (χ4v) is 8.76. The number of rotatable bonds is 6. The van der Waals surface area contributed by atoms with Crippen LogP contribution in [0, 0.1) is 23.6 Å². The van der Waals surface area contributed by atoms with E-state index in [1.807, 2.05) is 60.7 Å². The number of aliphatic hydroxyl groups is 2. The maximum Gasteiger partial charge on any atom is 0.265 e. The molecule has 5 aliphatic rings. The molecule has 4 aliphatic carbocycles. The molecule has 1 fully saturated rings. The maximum atomic E-state index is 16.7. The van der Waals surface area contributed by atoms with Crippen LogP contribution >= 0.6 is 0 Å².